The summed E-state index contributed by atoms with van der Waals surface area (Å²) in [5, 5.41) is 3.56. The van der Waals surface area contributed by atoms with Gasteiger partial charge in [0.15, 0.2) is 0 Å². The Hall–Kier alpha value is -0.800. The van der Waals surface area contributed by atoms with Crippen LogP contribution in [0.25, 0.3) is 0 Å². The average molecular weight is 208 g/mol. The molecule has 0 aliphatic carbocycles. The van der Waals surface area contributed by atoms with E-state index in [1.165, 1.54) is 6.42 Å². The smallest absolute Gasteiger partial charge is 0.117 e. The van der Waals surface area contributed by atoms with E-state index in [1.54, 1.807) is 6.26 Å². The van der Waals surface area contributed by atoms with Crippen molar-refractivity contribution in [3.8, 4) is 0 Å². The van der Waals surface area contributed by atoms with Crippen molar-refractivity contribution in [2.24, 2.45) is 0 Å². The molecule has 1 N–H and O–H groups in total. The summed E-state index contributed by atoms with van der Waals surface area (Å²) in [6.07, 6.45) is 2.93. The van der Waals surface area contributed by atoms with Crippen LogP contribution in [0.3, 0.4) is 0 Å². The minimum absolute atomic E-state index is 0.276. The van der Waals surface area contributed by atoms with Crippen molar-refractivity contribution in [3.05, 3.63) is 24.2 Å². The Balaban J connectivity index is 1.89. The highest BCUT2D eigenvalue weighted by Crippen LogP contribution is 2.14. The van der Waals surface area contributed by atoms with Gasteiger partial charge in [0.2, 0.25) is 0 Å². The first-order valence-electron chi connectivity index (χ1n) is 5.65. The molecule has 1 aliphatic rings. The molecule has 1 aromatic rings. The van der Waals surface area contributed by atoms with E-state index < -0.39 is 0 Å². The van der Waals surface area contributed by atoms with E-state index >= 15 is 0 Å². The average Bonchev–Trinajstić information content (AvgIpc) is 2.60. The number of hydrogen-bond donors (Lipinski definition) is 1. The molecule has 1 aliphatic heterocycles. The molecule has 0 aromatic carbocycles. The molecule has 0 spiro atoms. The van der Waals surface area contributed by atoms with Crippen molar-refractivity contribution in [2.45, 2.75) is 32.4 Å². The lowest BCUT2D eigenvalue weighted by molar-refractivity contribution is 0.253. The van der Waals surface area contributed by atoms with Gasteiger partial charge in [-0.25, -0.2) is 0 Å². The van der Waals surface area contributed by atoms with Crippen molar-refractivity contribution in [2.75, 3.05) is 19.6 Å². The van der Waals surface area contributed by atoms with Gasteiger partial charge in [-0.2, -0.15) is 0 Å². The number of nitrogens with one attached hydrogen (secondary N) is 1. The fourth-order valence-corrected chi connectivity index (χ4v) is 1.97. The molecule has 0 unspecified atom stereocenters. The molecule has 1 saturated heterocycles. The lowest BCUT2D eigenvalue weighted by Gasteiger charge is -2.23. The van der Waals surface area contributed by atoms with Gasteiger partial charge in [-0.05, 0) is 32.4 Å². The molecule has 0 amide bonds. The molecule has 0 bridgehead atoms. The molecule has 1 aromatic heterocycles. The normalized spacial score (nSPS) is 22.5. The first-order chi connectivity index (χ1) is 7.16. The third-order valence-corrected chi connectivity index (χ3v) is 3.04. The molecule has 2 heterocycles. The molecule has 0 atom stereocenters. The number of nitrogens with zero attached hydrogens (tertiary/aromatic N) is 1. The van der Waals surface area contributed by atoms with E-state index in [-0.39, 0.29) is 5.54 Å². The van der Waals surface area contributed by atoms with E-state index in [1.807, 2.05) is 12.1 Å². The molecular weight excluding hydrogens is 188 g/mol. The molecule has 15 heavy (non-hydrogen) atoms. The van der Waals surface area contributed by atoms with Gasteiger partial charge in [0.1, 0.15) is 5.76 Å². The van der Waals surface area contributed by atoms with Crippen LogP contribution in [0.4, 0.5) is 0 Å². The lowest BCUT2D eigenvalue weighted by Crippen LogP contribution is -2.39. The van der Waals surface area contributed by atoms with E-state index in [4.69, 9.17) is 4.42 Å². The van der Waals surface area contributed by atoms with Crippen LogP contribution in [0.2, 0.25) is 0 Å². The Morgan fingerprint density at radius 3 is 3.07 bits per heavy atom. The topological polar surface area (TPSA) is 28.4 Å². The quantitative estimate of drug-likeness (QED) is 0.804. The molecule has 1 fully saturated rings. The lowest BCUT2D eigenvalue weighted by atomic mass is 10.0. The Bertz CT molecular complexity index is 293. The summed E-state index contributed by atoms with van der Waals surface area (Å²) in [7, 11) is 0. The van der Waals surface area contributed by atoms with Crippen molar-refractivity contribution < 1.29 is 4.42 Å². The monoisotopic (exact) mass is 208 g/mol. The number of rotatable bonds is 2. The maximum atomic E-state index is 5.37. The van der Waals surface area contributed by atoms with Crippen LogP contribution in [0.5, 0.6) is 0 Å². The second-order valence-electron chi connectivity index (χ2n) is 4.92. The first-order valence-corrected chi connectivity index (χ1v) is 5.65. The van der Waals surface area contributed by atoms with Crippen LogP contribution in [-0.2, 0) is 6.54 Å². The SMILES string of the molecule is CC1(C)CCN(Cc2ccco2)CCN1. The predicted octanol–water partition coefficient (Wildman–Crippen LogP) is 1.85. The van der Waals surface area contributed by atoms with Crippen molar-refractivity contribution in [1.82, 2.24) is 10.2 Å². The Kier molecular flexibility index (Phi) is 3.12. The van der Waals surface area contributed by atoms with Crippen LogP contribution in [0.1, 0.15) is 26.0 Å². The van der Waals surface area contributed by atoms with Crippen molar-refractivity contribution in [1.29, 1.82) is 0 Å². The summed E-state index contributed by atoms with van der Waals surface area (Å²) in [5.41, 5.74) is 0.276. The predicted molar refractivity (Wildman–Crippen MR) is 60.7 cm³/mol. The van der Waals surface area contributed by atoms with Crippen LogP contribution in [-0.4, -0.2) is 30.1 Å². The van der Waals surface area contributed by atoms with Crippen LogP contribution < -0.4 is 5.32 Å². The molecule has 0 radical (unpaired) electrons. The van der Waals surface area contributed by atoms with Gasteiger partial charge in [-0.15, -0.1) is 0 Å². The van der Waals surface area contributed by atoms with Gasteiger partial charge in [-0.3, -0.25) is 4.90 Å². The first kappa shape index (κ1) is 10.7. The summed E-state index contributed by atoms with van der Waals surface area (Å²) >= 11 is 0. The molecule has 2 rings (SSSR count). The fraction of sp³-hybridized carbons (Fsp3) is 0.667. The van der Waals surface area contributed by atoms with Gasteiger partial charge in [0.05, 0.1) is 12.8 Å². The molecular formula is C12H20N2O. The minimum Gasteiger partial charge on any atom is -0.468 e. The summed E-state index contributed by atoms with van der Waals surface area (Å²) in [6.45, 7) is 8.77. The summed E-state index contributed by atoms with van der Waals surface area (Å²) in [6, 6.07) is 4.00. The maximum absolute atomic E-state index is 5.37. The molecule has 0 saturated carbocycles. The van der Waals surface area contributed by atoms with Crippen LogP contribution >= 0.6 is 0 Å². The maximum Gasteiger partial charge on any atom is 0.117 e. The van der Waals surface area contributed by atoms with Gasteiger partial charge in [0, 0.05) is 25.2 Å². The zero-order valence-corrected chi connectivity index (χ0v) is 9.62. The molecule has 84 valence electrons. The zero-order valence-electron chi connectivity index (χ0n) is 9.62. The zero-order chi connectivity index (χ0) is 10.7. The number of hydrogen-bond acceptors (Lipinski definition) is 3. The Morgan fingerprint density at radius 1 is 1.47 bits per heavy atom. The summed E-state index contributed by atoms with van der Waals surface area (Å²) in [4.78, 5) is 2.45. The van der Waals surface area contributed by atoms with E-state index in [0.717, 1.165) is 31.9 Å². The van der Waals surface area contributed by atoms with E-state index in [0.29, 0.717) is 0 Å². The van der Waals surface area contributed by atoms with Gasteiger partial charge < -0.3 is 9.73 Å². The fourth-order valence-electron chi connectivity index (χ4n) is 1.97. The van der Waals surface area contributed by atoms with E-state index in [2.05, 4.69) is 24.1 Å². The summed E-state index contributed by atoms with van der Waals surface area (Å²) < 4.78 is 5.37. The molecule has 3 heteroatoms. The Morgan fingerprint density at radius 2 is 2.33 bits per heavy atom. The third-order valence-electron chi connectivity index (χ3n) is 3.04. The van der Waals surface area contributed by atoms with Crippen molar-refractivity contribution in [3.63, 3.8) is 0 Å². The highest BCUT2D eigenvalue weighted by atomic mass is 16.3. The van der Waals surface area contributed by atoms with Crippen molar-refractivity contribution >= 4 is 0 Å². The highest BCUT2D eigenvalue weighted by Gasteiger charge is 2.22. The standard InChI is InChI=1S/C12H20N2O/c1-12(2)5-7-14(8-6-13-12)10-11-4-3-9-15-11/h3-4,9,13H,5-8,10H2,1-2H3. The van der Waals surface area contributed by atoms with Gasteiger partial charge in [0.25, 0.3) is 0 Å². The van der Waals surface area contributed by atoms with Crippen LogP contribution in [0, 0.1) is 0 Å². The van der Waals surface area contributed by atoms with Crippen LogP contribution in [0.15, 0.2) is 22.8 Å². The minimum atomic E-state index is 0.276. The molecule has 3 nitrogen and oxygen atoms in total. The van der Waals surface area contributed by atoms with Gasteiger partial charge >= 0.3 is 0 Å². The largest absolute Gasteiger partial charge is 0.468 e. The number of furan rings is 1. The second-order valence-corrected chi connectivity index (χ2v) is 4.92. The van der Waals surface area contributed by atoms with Gasteiger partial charge in [-0.1, -0.05) is 0 Å². The second kappa shape index (κ2) is 4.37. The van der Waals surface area contributed by atoms with E-state index in [9.17, 15) is 0 Å². The third kappa shape index (κ3) is 3.08. The highest BCUT2D eigenvalue weighted by molar-refractivity contribution is 4.98. The Labute approximate surface area is 91.4 Å². The summed E-state index contributed by atoms with van der Waals surface area (Å²) in [5.74, 6) is 1.06.